The normalized spacial score (nSPS) is 18.7. The van der Waals surface area contributed by atoms with E-state index in [0.717, 1.165) is 32.5 Å². The maximum absolute atomic E-state index is 13.1. The molecule has 0 saturated carbocycles. The van der Waals surface area contributed by atoms with Gasteiger partial charge in [-0.15, -0.1) is 0 Å². The van der Waals surface area contributed by atoms with Crippen LogP contribution in [0.2, 0.25) is 0 Å². The molecule has 2 aliphatic heterocycles. The largest absolute Gasteiger partial charge is 0.376 e. The van der Waals surface area contributed by atoms with Crippen molar-refractivity contribution < 1.29 is 19.2 Å². The molecule has 4 rings (SSSR count). The van der Waals surface area contributed by atoms with Gasteiger partial charge in [-0.25, -0.2) is 9.79 Å². The fraction of sp³-hybridized carbons (Fsp3) is 0.280. The average molecular weight is 462 g/mol. The van der Waals surface area contributed by atoms with Crippen LogP contribution in [0.25, 0.3) is 0 Å². The summed E-state index contributed by atoms with van der Waals surface area (Å²) in [6.45, 7) is 2.55. The highest BCUT2D eigenvalue weighted by atomic mass is 16.7. The second kappa shape index (κ2) is 10.9. The molecule has 34 heavy (non-hydrogen) atoms. The van der Waals surface area contributed by atoms with Crippen LogP contribution in [0.5, 0.6) is 0 Å². The summed E-state index contributed by atoms with van der Waals surface area (Å²) in [6.07, 6.45) is 2.82. The number of rotatable bonds is 6. The Hall–Kier alpha value is -3.82. The Balaban J connectivity index is 1.44. The van der Waals surface area contributed by atoms with Crippen LogP contribution in [-0.4, -0.2) is 59.6 Å². The number of piperidine rings is 1. The highest BCUT2D eigenvalue weighted by Gasteiger charge is 2.28. The maximum atomic E-state index is 13.1. The number of carbonyl (C=O) groups is 3. The van der Waals surface area contributed by atoms with Crippen molar-refractivity contribution in [3.05, 3.63) is 83.6 Å². The highest BCUT2D eigenvalue weighted by molar-refractivity contribution is 6.45. The first kappa shape index (κ1) is 23.3. The molecule has 0 radical (unpaired) electrons. The third-order valence-corrected chi connectivity index (χ3v) is 5.77. The molecule has 0 aliphatic carbocycles. The Kier molecular flexibility index (Phi) is 7.46. The Bertz CT molecular complexity index is 1090. The van der Waals surface area contributed by atoms with E-state index in [1.165, 1.54) is 16.6 Å². The van der Waals surface area contributed by atoms with Crippen LogP contribution >= 0.6 is 0 Å². The molecule has 0 unspecified atom stereocenters. The maximum Gasteiger partial charge on any atom is 0.376 e. The summed E-state index contributed by atoms with van der Waals surface area (Å²) in [5.41, 5.74) is 3.92. The van der Waals surface area contributed by atoms with E-state index in [2.05, 4.69) is 32.9 Å². The summed E-state index contributed by atoms with van der Waals surface area (Å²) in [5, 5.41) is 4.30. The van der Waals surface area contributed by atoms with Gasteiger partial charge in [-0.3, -0.25) is 19.5 Å². The van der Waals surface area contributed by atoms with E-state index >= 15 is 0 Å². The number of benzene rings is 2. The SMILES string of the molecule is CN1NOC(=O)/C1=C\C(=NC(=O)c1ccccc1)C(=O)NC1CCN(Cc2ccccc2)CC1. The fourth-order valence-electron chi connectivity index (χ4n) is 3.87. The molecular formula is C25H27N5O4. The first-order chi connectivity index (χ1) is 16.5. The minimum absolute atomic E-state index is 0.0543. The van der Waals surface area contributed by atoms with E-state index in [4.69, 9.17) is 4.84 Å². The molecule has 176 valence electrons. The molecule has 2 N–H and O–H groups in total. The predicted molar refractivity (Wildman–Crippen MR) is 126 cm³/mol. The van der Waals surface area contributed by atoms with Crippen molar-refractivity contribution in [1.29, 1.82) is 0 Å². The van der Waals surface area contributed by atoms with Gasteiger partial charge in [0, 0.05) is 44.4 Å². The molecule has 2 fully saturated rings. The Morgan fingerprint density at radius 2 is 1.74 bits per heavy atom. The van der Waals surface area contributed by atoms with Crippen LogP contribution in [0.4, 0.5) is 0 Å². The van der Waals surface area contributed by atoms with Crippen LogP contribution in [0, 0.1) is 0 Å². The molecule has 0 atom stereocenters. The van der Waals surface area contributed by atoms with E-state index in [1.54, 1.807) is 37.4 Å². The van der Waals surface area contributed by atoms with Gasteiger partial charge in [0.2, 0.25) is 0 Å². The molecule has 0 spiro atoms. The summed E-state index contributed by atoms with van der Waals surface area (Å²) in [4.78, 5) is 48.9. The van der Waals surface area contributed by atoms with Gasteiger partial charge in [0.1, 0.15) is 11.4 Å². The predicted octanol–water partition coefficient (Wildman–Crippen LogP) is 1.84. The number of nitrogens with one attached hydrogen (secondary N) is 2. The molecule has 0 bridgehead atoms. The minimum Gasteiger partial charge on any atom is -0.348 e. The van der Waals surface area contributed by atoms with Gasteiger partial charge in [0.15, 0.2) is 0 Å². The number of hydrogen-bond donors (Lipinski definition) is 2. The summed E-state index contributed by atoms with van der Waals surface area (Å²) < 4.78 is 0. The molecule has 2 aromatic carbocycles. The van der Waals surface area contributed by atoms with Gasteiger partial charge >= 0.3 is 5.97 Å². The third kappa shape index (κ3) is 5.94. The lowest BCUT2D eigenvalue weighted by Gasteiger charge is -2.32. The molecule has 9 nitrogen and oxygen atoms in total. The monoisotopic (exact) mass is 461 g/mol. The van der Waals surface area contributed by atoms with Gasteiger partial charge in [-0.2, -0.15) is 0 Å². The topological polar surface area (TPSA) is 103 Å². The fourth-order valence-corrected chi connectivity index (χ4v) is 3.87. The van der Waals surface area contributed by atoms with Crippen molar-refractivity contribution in [3.63, 3.8) is 0 Å². The average Bonchev–Trinajstić information content (AvgIpc) is 3.18. The van der Waals surface area contributed by atoms with Gasteiger partial charge in [0.25, 0.3) is 11.8 Å². The first-order valence-corrected chi connectivity index (χ1v) is 11.2. The van der Waals surface area contributed by atoms with Crippen molar-refractivity contribution in [3.8, 4) is 0 Å². The highest BCUT2D eigenvalue weighted by Crippen LogP contribution is 2.15. The molecular weight excluding hydrogens is 434 g/mol. The first-order valence-electron chi connectivity index (χ1n) is 11.2. The van der Waals surface area contributed by atoms with E-state index in [9.17, 15) is 14.4 Å². The zero-order chi connectivity index (χ0) is 23.9. The van der Waals surface area contributed by atoms with Crippen LogP contribution in [0.1, 0.15) is 28.8 Å². The zero-order valence-electron chi connectivity index (χ0n) is 18.9. The Labute approximate surface area is 198 Å². The molecule has 2 amide bonds. The van der Waals surface area contributed by atoms with E-state index in [0.29, 0.717) is 5.56 Å². The van der Waals surface area contributed by atoms with Crippen molar-refractivity contribution in [2.75, 3.05) is 20.1 Å². The lowest BCUT2D eigenvalue weighted by atomic mass is 10.0. The number of hydrogen-bond acceptors (Lipinski definition) is 7. The van der Waals surface area contributed by atoms with Crippen LogP contribution in [-0.2, 0) is 21.0 Å². The third-order valence-electron chi connectivity index (χ3n) is 5.77. The number of likely N-dealkylation sites (N-methyl/N-ethyl adjacent to an activating group) is 1. The lowest BCUT2D eigenvalue weighted by molar-refractivity contribution is -0.142. The van der Waals surface area contributed by atoms with Crippen LogP contribution in [0.15, 0.2) is 77.4 Å². The van der Waals surface area contributed by atoms with Gasteiger partial charge < -0.3 is 10.2 Å². The molecule has 2 heterocycles. The minimum atomic E-state index is -0.663. The molecule has 0 aromatic heterocycles. The summed E-state index contributed by atoms with van der Waals surface area (Å²) in [5.74, 6) is -1.74. The molecule has 2 saturated heterocycles. The van der Waals surface area contributed by atoms with E-state index < -0.39 is 17.8 Å². The second-order valence-corrected chi connectivity index (χ2v) is 8.25. The summed E-state index contributed by atoms with van der Waals surface area (Å²) >= 11 is 0. The number of hydrazine groups is 1. The number of nitrogens with zero attached hydrogens (tertiary/aromatic N) is 3. The number of likely N-dealkylation sites (tertiary alicyclic amines) is 1. The molecule has 2 aromatic rings. The summed E-state index contributed by atoms with van der Waals surface area (Å²) in [6, 6.07) is 18.7. The van der Waals surface area contributed by atoms with E-state index in [1.807, 2.05) is 18.2 Å². The zero-order valence-corrected chi connectivity index (χ0v) is 18.9. The number of carbonyl (C=O) groups excluding carboxylic acids is 3. The Morgan fingerprint density at radius 3 is 2.35 bits per heavy atom. The van der Waals surface area contributed by atoms with E-state index in [-0.39, 0.29) is 17.5 Å². The van der Waals surface area contributed by atoms with Gasteiger partial charge in [0.05, 0.1) is 0 Å². The standard InChI is InChI=1S/C25H27N5O4/c1-29-22(25(33)34-28-29)16-21(27-23(31)19-10-6-3-7-11-19)24(32)26-20-12-14-30(15-13-20)17-18-8-4-2-5-9-18/h2-11,16,20,28H,12-15,17H2,1H3,(H,26,32)/b22-16+,27-21?. The van der Waals surface area contributed by atoms with Crippen molar-refractivity contribution in [2.24, 2.45) is 4.99 Å². The van der Waals surface area contributed by atoms with Crippen molar-refractivity contribution in [2.45, 2.75) is 25.4 Å². The summed E-state index contributed by atoms with van der Waals surface area (Å²) in [7, 11) is 1.56. The number of amides is 2. The van der Waals surface area contributed by atoms with Crippen molar-refractivity contribution >= 4 is 23.5 Å². The smallest absolute Gasteiger partial charge is 0.348 e. The lowest BCUT2D eigenvalue weighted by Crippen LogP contribution is -2.46. The number of aliphatic imine (C=N–C) groups is 1. The van der Waals surface area contributed by atoms with Crippen molar-refractivity contribution in [1.82, 2.24) is 20.8 Å². The van der Waals surface area contributed by atoms with Crippen LogP contribution in [0.3, 0.4) is 0 Å². The second-order valence-electron chi connectivity index (χ2n) is 8.25. The van der Waals surface area contributed by atoms with Gasteiger partial charge in [-0.05, 0) is 30.5 Å². The Morgan fingerprint density at radius 1 is 1.09 bits per heavy atom. The molecule has 2 aliphatic rings. The van der Waals surface area contributed by atoms with Gasteiger partial charge in [-0.1, -0.05) is 54.1 Å². The van der Waals surface area contributed by atoms with Crippen LogP contribution < -0.4 is 10.9 Å². The quantitative estimate of drug-likeness (QED) is 0.500. The molecule has 9 heteroatoms.